The fraction of sp³-hybridized carbons (Fsp3) is 0.714. The van der Waals surface area contributed by atoms with Crippen LogP contribution in [0.25, 0.3) is 0 Å². The Balaban J connectivity index is 2.86. The van der Waals surface area contributed by atoms with E-state index in [1.54, 1.807) is 13.8 Å². The van der Waals surface area contributed by atoms with Crippen LogP contribution in [0.15, 0.2) is 0 Å². The minimum atomic E-state index is -0.947. The van der Waals surface area contributed by atoms with Gasteiger partial charge in [-0.05, 0) is 20.3 Å². The van der Waals surface area contributed by atoms with Gasteiger partial charge in [-0.25, -0.2) is 4.79 Å². The topological polar surface area (TPSA) is 78.9 Å². The molecule has 1 heterocycles. The van der Waals surface area contributed by atoms with Crippen LogP contribution in [0.2, 0.25) is 0 Å². The summed E-state index contributed by atoms with van der Waals surface area (Å²) >= 11 is 0. The summed E-state index contributed by atoms with van der Waals surface area (Å²) < 4.78 is 5.22. The lowest BCUT2D eigenvalue weighted by molar-refractivity contribution is -0.142. The summed E-state index contributed by atoms with van der Waals surface area (Å²) in [6.07, 6.45) is 6.08. The van der Waals surface area contributed by atoms with Gasteiger partial charge in [-0.1, -0.05) is 12.8 Å². The molecule has 1 saturated heterocycles. The number of hydrogen-bond acceptors (Lipinski definition) is 3. The second-order valence-electron chi connectivity index (χ2n) is 5.44. The molecule has 0 aromatic rings. The van der Waals surface area contributed by atoms with Crippen molar-refractivity contribution >= 4 is 12.0 Å². The number of carbonyl (C=O) groups is 2. The van der Waals surface area contributed by atoms with E-state index in [0.29, 0.717) is 6.54 Å². The molecule has 6 nitrogen and oxygen atoms in total. The average molecular weight is 282 g/mol. The van der Waals surface area contributed by atoms with E-state index in [1.165, 1.54) is 4.90 Å². The smallest absolute Gasteiger partial charge is 0.318 e. The molecule has 2 N–H and O–H groups in total. The third-order valence-corrected chi connectivity index (χ3v) is 3.27. The number of aliphatic carboxylic acids is 1. The first-order chi connectivity index (χ1) is 9.32. The van der Waals surface area contributed by atoms with E-state index in [9.17, 15) is 14.7 Å². The monoisotopic (exact) mass is 282 g/mol. The van der Waals surface area contributed by atoms with Gasteiger partial charge in [-0.3, -0.25) is 4.79 Å². The van der Waals surface area contributed by atoms with E-state index >= 15 is 0 Å². The van der Waals surface area contributed by atoms with Crippen LogP contribution in [-0.4, -0.2) is 53.3 Å². The van der Waals surface area contributed by atoms with Gasteiger partial charge in [0.05, 0.1) is 24.8 Å². The Bertz CT molecular complexity index is 414. The first kappa shape index (κ1) is 16.3. The molecule has 1 rings (SSSR count). The second-order valence-corrected chi connectivity index (χ2v) is 5.44. The maximum Gasteiger partial charge on any atom is 0.318 e. The SMILES string of the molecule is C#CC(C)(C)NC(=O)N(CCC)C1COCC1C(=O)O. The Morgan fingerprint density at radius 2 is 2.15 bits per heavy atom. The van der Waals surface area contributed by atoms with Crippen LogP contribution in [0.5, 0.6) is 0 Å². The zero-order valence-electron chi connectivity index (χ0n) is 12.2. The van der Waals surface area contributed by atoms with Crippen LogP contribution in [0.1, 0.15) is 27.2 Å². The first-order valence-electron chi connectivity index (χ1n) is 6.69. The van der Waals surface area contributed by atoms with Crippen LogP contribution < -0.4 is 5.32 Å². The molecule has 2 amide bonds. The molecule has 6 heteroatoms. The summed E-state index contributed by atoms with van der Waals surface area (Å²) in [5.41, 5.74) is -0.777. The number of amides is 2. The lowest BCUT2D eigenvalue weighted by Crippen LogP contribution is -2.55. The van der Waals surface area contributed by atoms with Gasteiger partial charge in [0.25, 0.3) is 0 Å². The normalized spacial score (nSPS) is 22.1. The van der Waals surface area contributed by atoms with Crippen molar-refractivity contribution in [1.82, 2.24) is 10.2 Å². The molecule has 1 aliphatic heterocycles. The third kappa shape index (κ3) is 3.87. The fourth-order valence-corrected chi connectivity index (χ4v) is 2.12. The van der Waals surface area contributed by atoms with Crippen molar-refractivity contribution in [3.8, 4) is 12.3 Å². The van der Waals surface area contributed by atoms with Crippen molar-refractivity contribution < 1.29 is 19.4 Å². The summed E-state index contributed by atoms with van der Waals surface area (Å²) in [5, 5.41) is 11.9. The van der Waals surface area contributed by atoms with E-state index in [2.05, 4.69) is 11.2 Å². The highest BCUT2D eigenvalue weighted by atomic mass is 16.5. The highest BCUT2D eigenvalue weighted by molar-refractivity contribution is 5.78. The van der Waals surface area contributed by atoms with Gasteiger partial charge in [-0.15, -0.1) is 6.42 Å². The van der Waals surface area contributed by atoms with Gasteiger partial charge in [-0.2, -0.15) is 0 Å². The van der Waals surface area contributed by atoms with E-state index in [1.807, 2.05) is 6.92 Å². The predicted molar refractivity (Wildman–Crippen MR) is 74.2 cm³/mol. The Kier molecular flexibility index (Phi) is 5.40. The van der Waals surface area contributed by atoms with Crippen LogP contribution in [-0.2, 0) is 9.53 Å². The molecule has 0 spiro atoms. The van der Waals surface area contributed by atoms with E-state index in [4.69, 9.17) is 11.2 Å². The van der Waals surface area contributed by atoms with Gasteiger partial charge in [0.1, 0.15) is 5.92 Å². The molecule has 2 atom stereocenters. The standard InChI is InChI=1S/C14H22N2O4/c1-5-7-16(13(19)15-14(3,4)6-2)11-9-20-8-10(11)12(17)18/h2,10-11H,5,7-9H2,1,3-4H3,(H,15,19)(H,17,18). The van der Waals surface area contributed by atoms with Gasteiger partial charge >= 0.3 is 12.0 Å². The maximum atomic E-state index is 12.3. The van der Waals surface area contributed by atoms with Crippen LogP contribution in [0, 0.1) is 18.3 Å². The van der Waals surface area contributed by atoms with Crippen LogP contribution >= 0.6 is 0 Å². The Morgan fingerprint density at radius 3 is 2.65 bits per heavy atom. The number of nitrogens with one attached hydrogen (secondary N) is 1. The van der Waals surface area contributed by atoms with Crippen LogP contribution in [0.4, 0.5) is 4.79 Å². The summed E-state index contributed by atoms with van der Waals surface area (Å²) in [4.78, 5) is 25.1. The molecule has 0 aromatic heterocycles. The van der Waals surface area contributed by atoms with Crippen molar-refractivity contribution in [2.75, 3.05) is 19.8 Å². The van der Waals surface area contributed by atoms with Gasteiger partial charge in [0, 0.05) is 6.54 Å². The minimum absolute atomic E-state index is 0.131. The maximum absolute atomic E-state index is 12.3. The molecule has 0 aliphatic carbocycles. The van der Waals surface area contributed by atoms with Crippen molar-refractivity contribution in [2.24, 2.45) is 5.92 Å². The van der Waals surface area contributed by atoms with Gasteiger partial charge < -0.3 is 20.1 Å². The number of carboxylic acids is 1. The molecule has 112 valence electrons. The number of rotatable bonds is 5. The first-order valence-corrected chi connectivity index (χ1v) is 6.69. The Morgan fingerprint density at radius 1 is 1.50 bits per heavy atom. The van der Waals surface area contributed by atoms with E-state index in [0.717, 1.165) is 6.42 Å². The molecule has 0 saturated carbocycles. The largest absolute Gasteiger partial charge is 0.481 e. The summed E-state index contributed by atoms with van der Waals surface area (Å²) in [5.74, 6) is 0.848. The number of urea groups is 1. The van der Waals surface area contributed by atoms with Crippen molar-refractivity contribution in [3.63, 3.8) is 0 Å². The number of carboxylic acid groups (broad SMARTS) is 1. The number of nitrogens with zero attached hydrogens (tertiary/aromatic N) is 1. The molecule has 20 heavy (non-hydrogen) atoms. The van der Waals surface area contributed by atoms with Crippen molar-refractivity contribution in [3.05, 3.63) is 0 Å². The van der Waals surface area contributed by atoms with Crippen molar-refractivity contribution in [1.29, 1.82) is 0 Å². The number of carbonyl (C=O) groups excluding carboxylic acids is 1. The van der Waals surface area contributed by atoms with E-state index < -0.39 is 23.5 Å². The molecule has 2 unspecified atom stereocenters. The van der Waals surface area contributed by atoms with Crippen molar-refractivity contribution in [2.45, 2.75) is 38.8 Å². The molecular formula is C14H22N2O4. The third-order valence-electron chi connectivity index (χ3n) is 3.27. The van der Waals surface area contributed by atoms with E-state index in [-0.39, 0.29) is 19.2 Å². The van der Waals surface area contributed by atoms with Gasteiger partial charge in [0.2, 0.25) is 0 Å². The van der Waals surface area contributed by atoms with Gasteiger partial charge in [0.15, 0.2) is 0 Å². The lowest BCUT2D eigenvalue weighted by atomic mass is 10.0. The Labute approximate surface area is 119 Å². The summed E-state index contributed by atoms with van der Waals surface area (Å²) in [6.45, 7) is 6.19. The quantitative estimate of drug-likeness (QED) is 0.735. The summed E-state index contributed by atoms with van der Waals surface area (Å²) in [6, 6.07) is -0.808. The Hall–Kier alpha value is -1.74. The summed E-state index contributed by atoms with van der Waals surface area (Å²) in [7, 11) is 0. The zero-order valence-corrected chi connectivity index (χ0v) is 12.2. The van der Waals surface area contributed by atoms with Crippen LogP contribution in [0.3, 0.4) is 0 Å². The lowest BCUT2D eigenvalue weighted by Gasteiger charge is -2.33. The minimum Gasteiger partial charge on any atom is -0.481 e. The molecule has 0 aromatic carbocycles. The fourth-order valence-electron chi connectivity index (χ4n) is 2.12. The second kappa shape index (κ2) is 6.62. The zero-order chi connectivity index (χ0) is 15.3. The number of terminal acetylenes is 1. The molecule has 1 aliphatic rings. The highest BCUT2D eigenvalue weighted by Crippen LogP contribution is 2.21. The average Bonchev–Trinajstić information content (AvgIpc) is 2.84. The molecule has 1 fully saturated rings. The predicted octanol–water partition coefficient (Wildman–Crippen LogP) is 0.919. The highest BCUT2D eigenvalue weighted by Gasteiger charge is 2.40. The molecular weight excluding hydrogens is 260 g/mol. The number of ether oxygens (including phenoxy) is 1. The molecule has 0 bridgehead atoms. The molecule has 0 radical (unpaired) electrons. The number of hydrogen-bond donors (Lipinski definition) is 2.